The summed E-state index contributed by atoms with van der Waals surface area (Å²) in [4.78, 5) is 0. The van der Waals surface area contributed by atoms with Gasteiger partial charge in [-0.25, -0.2) is 0 Å². The van der Waals surface area contributed by atoms with Crippen molar-refractivity contribution >= 4 is 103 Å². The minimum atomic E-state index is 0.0502. The van der Waals surface area contributed by atoms with Crippen LogP contribution in [0.25, 0.3) is 98.1 Å². The second-order valence-electron chi connectivity index (χ2n) is 22.9. The molecule has 0 N–H and O–H groups in total. The van der Waals surface area contributed by atoms with E-state index in [0.29, 0.717) is 0 Å². The topological polar surface area (TPSA) is 9.86 Å². The van der Waals surface area contributed by atoms with Gasteiger partial charge < -0.3 is 9.13 Å². The number of aromatic nitrogens is 2. The van der Waals surface area contributed by atoms with E-state index in [9.17, 15) is 0 Å². The van der Waals surface area contributed by atoms with E-state index < -0.39 is 0 Å². The van der Waals surface area contributed by atoms with Gasteiger partial charge in [0.15, 0.2) is 0 Å². The van der Waals surface area contributed by atoms with Crippen molar-refractivity contribution < 1.29 is 0 Å². The lowest BCUT2D eigenvalue weighted by Gasteiger charge is -2.20. The first-order valence-corrected chi connectivity index (χ1v) is 24.2. The zero-order chi connectivity index (χ0) is 45.7. The van der Waals surface area contributed by atoms with E-state index in [0.717, 1.165) is 15.8 Å². The Kier molecular flexibility index (Phi) is 9.03. The molecule has 0 aliphatic rings. The Balaban J connectivity index is 1.23. The summed E-state index contributed by atoms with van der Waals surface area (Å²) in [5.74, 6) is 0. The molecular weight excluding hydrogens is 853 g/mol. The van der Waals surface area contributed by atoms with Gasteiger partial charge in [-0.05, 0) is 139 Å². The highest BCUT2D eigenvalue weighted by molar-refractivity contribution is 9.10. The molecule has 9 aromatic carbocycles. The molecule has 0 atom stereocenters. The molecule has 2 aromatic heterocycles. The molecule has 0 saturated heterocycles. The van der Waals surface area contributed by atoms with Crippen molar-refractivity contribution in [1.29, 1.82) is 0 Å². The Morgan fingerprint density at radius 2 is 0.554 bits per heavy atom. The van der Waals surface area contributed by atoms with E-state index >= 15 is 0 Å². The summed E-state index contributed by atoms with van der Waals surface area (Å²) < 4.78 is 6.07. The van der Waals surface area contributed by atoms with Gasteiger partial charge >= 0.3 is 0 Å². The second-order valence-corrected chi connectivity index (χ2v) is 23.7. The fourth-order valence-electron chi connectivity index (χ4n) is 10.6. The third-order valence-electron chi connectivity index (χ3n) is 14.4. The fourth-order valence-corrected chi connectivity index (χ4v) is 11.2. The minimum absolute atomic E-state index is 0.0502. The van der Waals surface area contributed by atoms with Crippen molar-refractivity contribution in [1.82, 2.24) is 9.13 Å². The number of rotatable bonds is 2. The smallest absolute Gasteiger partial charge is 0.0656 e. The van der Waals surface area contributed by atoms with Crippen LogP contribution in [0.1, 0.15) is 105 Å². The highest BCUT2D eigenvalue weighted by Gasteiger charge is 2.26. The van der Waals surface area contributed by atoms with Crippen molar-refractivity contribution in [2.75, 3.05) is 0 Å². The summed E-state index contributed by atoms with van der Waals surface area (Å²) in [6.07, 6.45) is 0. The molecule has 0 spiro atoms. The van der Waals surface area contributed by atoms with Gasteiger partial charge in [0.25, 0.3) is 0 Å². The molecule has 0 aliphatic heterocycles. The molecule has 0 bridgehead atoms. The first kappa shape index (κ1) is 41.8. The van der Waals surface area contributed by atoms with Crippen LogP contribution in [0.15, 0.2) is 144 Å². The van der Waals surface area contributed by atoms with E-state index in [1.807, 2.05) is 0 Å². The van der Waals surface area contributed by atoms with Crippen LogP contribution in [0, 0.1) is 0 Å². The molecule has 0 fully saturated rings. The predicted octanol–water partition coefficient (Wildman–Crippen LogP) is 18.4. The van der Waals surface area contributed by atoms with Crippen molar-refractivity contribution in [3.8, 4) is 11.4 Å². The Hall–Kier alpha value is -5.90. The number of fused-ring (bicyclic) bond motifs is 14. The molecule has 0 aliphatic carbocycles. The molecule has 324 valence electrons. The van der Waals surface area contributed by atoms with Crippen LogP contribution in [0.5, 0.6) is 0 Å². The maximum atomic E-state index is 4.35. The number of benzene rings is 9. The molecule has 0 saturated carbocycles. The number of nitrogens with zero attached hydrogens (tertiary/aromatic N) is 2. The third kappa shape index (κ3) is 6.47. The van der Waals surface area contributed by atoms with Crippen LogP contribution in [-0.2, 0) is 21.7 Å². The lowest BCUT2D eigenvalue weighted by molar-refractivity contribution is 0.591. The summed E-state index contributed by atoms with van der Waals surface area (Å²) >= 11 is 4.35. The first-order valence-electron chi connectivity index (χ1n) is 23.4. The maximum absolute atomic E-state index is 4.35. The van der Waals surface area contributed by atoms with Gasteiger partial charge in [-0.15, -0.1) is 0 Å². The maximum Gasteiger partial charge on any atom is 0.0656 e. The molecule has 3 heteroatoms. The lowest BCUT2D eigenvalue weighted by Crippen LogP contribution is -2.10. The van der Waals surface area contributed by atoms with E-state index in [-0.39, 0.29) is 21.7 Å². The predicted molar refractivity (Wildman–Crippen MR) is 288 cm³/mol. The van der Waals surface area contributed by atoms with Crippen LogP contribution >= 0.6 is 15.9 Å². The van der Waals surface area contributed by atoms with Gasteiger partial charge in [-0.1, -0.05) is 186 Å². The van der Waals surface area contributed by atoms with Crippen molar-refractivity contribution in [3.63, 3.8) is 0 Å². The van der Waals surface area contributed by atoms with E-state index in [1.54, 1.807) is 0 Å². The molecular formula is C62H59BrN2. The number of hydrogen-bond donors (Lipinski definition) is 0. The first-order chi connectivity index (χ1) is 30.7. The van der Waals surface area contributed by atoms with E-state index in [1.165, 1.54) is 109 Å². The van der Waals surface area contributed by atoms with Gasteiger partial charge in [0.05, 0.1) is 37.9 Å². The average molecular weight is 912 g/mol. The SMILES string of the molecule is CC(C)(C)c1ccc2c(ccc3c2c2c4ccc(C(C)(C)C)cc4ccc2n3-c2cccc(-n3c4ccc5cc(C(C)(C)C)ccc5c4c4c5ccc(C(C)(C)C)cc5ccc43)c2Br)c1. The van der Waals surface area contributed by atoms with Crippen LogP contribution in [0.2, 0.25) is 0 Å². The normalized spacial score (nSPS) is 13.3. The lowest BCUT2D eigenvalue weighted by atomic mass is 9.85. The second kappa shape index (κ2) is 14.1. The zero-order valence-electron chi connectivity index (χ0n) is 40.1. The molecule has 0 unspecified atom stereocenters. The molecule has 11 aromatic rings. The van der Waals surface area contributed by atoms with Gasteiger partial charge in [0.2, 0.25) is 0 Å². The summed E-state index contributed by atoms with van der Waals surface area (Å²) in [5, 5.41) is 15.4. The molecule has 0 radical (unpaired) electrons. The Labute approximate surface area is 392 Å². The Morgan fingerprint density at radius 1 is 0.308 bits per heavy atom. The molecule has 2 heterocycles. The van der Waals surface area contributed by atoms with E-state index in [2.05, 4.69) is 248 Å². The van der Waals surface area contributed by atoms with E-state index in [4.69, 9.17) is 0 Å². The Bertz CT molecular complexity index is 3340. The van der Waals surface area contributed by atoms with Crippen molar-refractivity contribution in [2.45, 2.75) is 105 Å². The van der Waals surface area contributed by atoms with Gasteiger partial charge in [-0.3, -0.25) is 0 Å². The molecule has 2 nitrogen and oxygen atoms in total. The van der Waals surface area contributed by atoms with Crippen LogP contribution < -0.4 is 0 Å². The number of hydrogen-bond acceptors (Lipinski definition) is 0. The highest BCUT2D eigenvalue weighted by Crippen LogP contribution is 2.47. The largest absolute Gasteiger partial charge is 0.308 e. The minimum Gasteiger partial charge on any atom is -0.308 e. The van der Waals surface area contributed by atoms with Crippen molar-refractivity contribution in [3.05, 3.63) is 166 Å². The quantitative estimate of drug-likeness (QED) is 0.164. The van der Waals surface area contributed by atoms with Gasteiger partial charge in [0.1, 0.15) is 0 Å². The van der Waals surface area contributed by atoms with Crippen LogP contribution in [0.4, 0.5) is 0 Å². The number of halogens is 1. The third-order valence-corrected chi connectivity index (χ3v) is 15.2. The van der Waals surface area contributed by atoms with Crippen LogP contribution in [0.3, 0.4) is 0 Å². The van der Waals surface area contributed by atoms with Crippen molar-refractivity contribution in [2.24, 2.45) is 0 Å². The monoisotopic (exact) mass is 910 g/mol. The Morgan fingerprint density at radius 3 is 0.785 bits per heavy atom. The summed E-state index contributed by atoms with van der Waals surface area (Å²) in [5.41, 5.74) is 12.6. The molecule has 0 amide bonds. The van der Waals surface area contributed by atoms with Gasteiger partial charge in [-0.2, -0.15) is 0 Å². The summed E-state index contributed by atoms with van der Waals surface area (Å²) in [7, 11) is 0. The fraction of sp³-hybridized carbons (Fsp3) is 0.258. The standard InChI is InChI=1S/C62H59BrN2/c1-59(2,3)40-20-24-44-36(32-40)16-28-48-54(44)55-45-25-21-41(60(4,5)6)33-37(45)17-29-49(55)64(48)52-14-13-15-53(58(52)63)65-50-30-18-38-34-42(61(7,8)9)22-26-46(38)56(50)57-47-27-23-43(62(10,11)12)35-39(47)19-31-51(57)65/h13-35H,1-12H3. The summed E-state index contributed by atoms with van der Waals surface area (Å²) in [6, 6.07) is 54.0. The molecule has 11 rings (SSSR count). The zero-order valence-corrected chi connectivity index (χ0v) is 41.6. The van der Waals surface area contributed by atoms with Crippen LogP contribution in [-0.4, -0.2) is 9.13 Å². The average Bonchev–Trinajstić information content (AvgIpc) is 3.78. The summed E-state index contributed by atoms with van der Waals surface area (Å²) in [6.45, 7) is 27.6. The highest BCUT2D eigenvalue weighted by atomic mass is 79.9. The molecule has 65 heavy (non-hydrogen) atoms. The van der Waals surface area contributed by atoms with Gasteiger partial charge in [0, 0.05) is 21.5 Å².